The quantitative estimate of drug-likeness (QED) is 0.554. The summed E-state index contributed by atoms with van der Waals surface area (Å²) < 4.78 is 0. The van der Waals surface area contributed by atoms with Crippen LogP contribution in [0.3, 0.4) is 0 Å². The van der Waals surface area contributed by atoms with Crippen LogP contribution in [-0.4, -0.2) is 12.6 Å². The highest BCUT2D eigenvalue weighted by atomic mass is 14.9. The van der Waals surface area contributed by atoms with Crippen LogP contribution < -0.4 is 5.32 Å². The maximum absolute atomic E-state index is 3.72. The minimum Gasteiger partial charge on any atom is -0.310 e. The van der Waals surface area contributed by atoms with E-state index in [1.54, 1.807) is 0 Å². The zero-order chi connectivity index (χ0) is 8.53. The Hall–Kier alpha value is -0.560. The summed E-state index contributed by atoms with van der Waals surface area (Å²) in [5.41, 5.74) is 0. The molecule has 0 amide bonds. The van der Waals surface area contributed by atoms with Crippen molar-refractivity contribution < 1.29 is 0 Å². The molecule has 0 saturated carbocycles. The van der Waals surface area contributed by atoms with Crippen molar-refractivity contribution in [3.05, 3.63) is 25.3 Å². The topological polar surface area (TPSA) is 12.0 Å². The van der Waals surface area contributed by atoms with Crippen LogP contribution in [0.2, 0.25) is 0 Å². The smallest absolute Gasteiger partial charge is 0.0135 e. The van der Waals surface area contributed by atoms with Gasteiger partial charge in [-0.3, -0.25) is 0 Å². The van der Waals surface area contributed by atoms with Gasteiger partial charge in [0.25, 0.3) is 0 Å². The summed E-state index contributed by atoms with van der Waals surface area (Å²) >= 11 is 0. The summed E-state index contributed by atoms with van der Waals surface area (Å²) in [5.74, 6) is 0. The predicted octanol–water partition coefficient (Wildman–Crippen LogP) is 2.51. The molecule has 1 N–H and O–H groups in total. The fourth-order valence-corrected chi connectivity index (χ4v) is 1.10. The monoisotopic (exact) mass is 153 g/mol. The van der Waals surface area contributed by atoms with Gasteiger partial charge >= 0.3 is 0 Å². The molecule has 0 aliphatic heterocycles. The molecule has 11 heavy (non-hydrogen) atoms. The Labute approximate surface area is 70.2 Å². The summed E-state index contributed by atoms with van der Waals surface area (Å²) in [6.07, 6.45) is 7.37. The SMILES string of the molecule is C=CCN[C@@H](CC=C)CCC. The predicted molar refractivity (Wildman–Crippen MR) is 51.7 cm³/mol. The number of hydrogen-bond acceptors (Lipinski definition) is 1. The van der Waals surface area contributed by atoms with Crippen LogP contribution in [0.5, 0.6) is 0 Å². The van der Waals surface area contributed by atoms with E-state index in [4.69, 9.17) is 0 Å². The maximum atomic E-state index is 3.72. The van der Waals surface area contributed by atoms with Crippen molar-refractivity contribution in [3.8, 4) is 0 Å². The second kappa shape index (κ2) is 7.55. The zero-order valence-corrected chi connectivity index (χ0v) is 7.47. The van der Waals surface area contributed by atoms with E-state index in [1.807, 2.05) is 12.2 Å². The highest BCUT2D eigenvalue weighted by molar-refractivity contribution is 4.80. The molecule has 0 radical (unpaired) electrons. The van der Waals surface area contributed by atoms with Crippen LogP contribution in [-0.2, 0) is 0 Å². The molecular weight excluding hydrogens is 134 g/mol. The van der Waals surface area contributed by atoms with E-state index in [9.17, 15) is 0 Å². The van der Waals surface area contributed by atoms with E-state index in [0.29, 0.717) is 6.04 Å². The lowest BCUT2D eigenvalue weighted by molar-refractivity contribution is 0.503. The Morgan fingerprint density at radius 2 is 2.09 bits per heavy atom. The Kier molecular flexibility index (Phi) is 7.16. The average Bonchev–Trinajstić information content (AvgIpc) is 2.01. The molecule has 1 atom stereocenters. The lowest BCUT2D eigenvalue weighted by atomic mass is 10.1. The van der Waals surface area contributed by atoms with Gasteiger partial charge in [-0.05, 0) is 12.8 Å². The first kappa shape index (κ1) is 10.4. The fourth-order valence-electron chi connectivity index (χ4n) is 1.10. The number of rotatable bonds is 7. The van der Waals surface area contributed by atoms with Gasteiger partial charge in [0.1, 0.15) is 0 Å². The second-order valence-electron chi connectivity index (χ2n) is 2.71. The summed E-state index contributed by atoms with van der Waals surface area (Å²) in [6, 6.07) is 0.593. The first-order valence-electron chi connectivity index (χ1n) is 4.30. The first-order chi connectivity index (χ1) is 5.35. The molecule has 0 aromatic carbocycles. The lowest BCUT2D eigenvalue weighted by Gasteiger charge is -2.14. The standard InChI is InChI=1S/C10H19N/c1-4-7-10(8-5-2)11-9-6-3/h4,6,10-11H,1,3,5,7-9H2,2H3/t10-/m0/s1. The Morgan fingerprint density at radius 3 is 2.55 bits per heavy atom. The normalized spacial score (nSPS) is 12.5. The molecule has 0 bridgehead atoms. The van der Waals surface area contributed by atoms with E-state index in [0.717, 1.165) is 13.0 Å². The molecule has 1 nitrogen and oxygen atoms in total. The van der Waals surface area contributed by atoms with E-state index in [1.165, 1.54) is 12.8 Å². The van der Waals surface area contributed by atoms with Gasteiger partial charge in [-0.2, -0.15) is 0 Å². The average molecular weight is 153 g/mol. The first-order valence-corrected chi connectivity index (χ1v) is 4.30. The van der Waals surface area contributed by atoms with Gasteiger partial charge in [0.15, 0.2) is 0 Å². The van der Waals surface area contributed by atoms with Crippen LogP contribution in [0.4, 0.5) is 0 Å². The molecule has 0 aromatic rings. The van der Waals surface area contributed by atoms with Crippen LogP contribution in [0.1, 0.15) is 26.2 Å². The molecule has 0 rings (SSSR count). The van der Waals surface area contributed by atoms with E-state index in [-0.39, 0.29) is 0 Å². The molecule has 0 heterocycles. The van der Waals surface area contributed by atoms with Crippen LogP contribution in [0, 0.1) is 0 Å². The van der Waals surface area contributed by atoms with Crippen LogP contribution in [0.25, 0.3) is 0 Å². The Bertz CT molecular complexity index is 107. The highest BCUT2D eigenvalue weighted by Crippen LogP contribution is 2.01. The van der Waals surface area contributed by atoms with E-state index < -0.39 is 0 Å². The molecule has 0 aliphatic carbocycles. The van der Waals surface area contributed by atoms with Gasteiger partial charge < -0.3 is 5.32 Å². The van der Waals surface area contributed by atoms with Gasteiger partial charge in [0.2, 0.25) is 0 Å². The number of nitrogens with one attached hydrogen (secondary N) is 1. The molecular formula is C10H19N. The third-order valence-corrected chi connectivity index (χ3v) is 1.64. The van der Waals surface area contributed by atoms with Crippen molar-refractivity contribution in [2.24, 2.45) is 0 Å². The fraction of sp³-hybridized carbons (Fsp3) is 0.600. The number of hydrogen-bond donors (Lipinski definition) is 1. The van der Waals surface area contributed by atoms with Gasteiger partial charge in [0.05, 0.1) is 0 Å². The van der Waals surface area contributed by atoms with Crippen molar-refractivity contribution in [2.75, 3.05) is 6.54 Å². The molecule has 0 saturated heterocycles. The van der Waals surface area contributed by atoms with Crippen LogP contribution in [0.15, 0.2) is 25.3 Å². The lowest BCUT2D eigenvalue weighted by Crippen LogP contribution is -2.28. The minimum atomic E-state index is 0.593. The van der Waals surface area contributed by atoms with Crippen molar-refractivity contribution in [1.29, 1.82) is 0 Å². The largest absolute Gasteiger partial charge is 0.310 e. The van der Waals surface area contributed by atoms with E-state index in [2.05, 4.69) is 25.4 Å². The molecule has 0 spiro atoms. The summed E-state index contributed by atoms with van der Waals surface area (Å²) in [4.78, 5) is 0. The van der Waals surface area contributed by atoms with Crippen molar-refractivity contribution in [1.82, 2.24) is 5.32 Å². The van der Waals surface area contributed by atoms with Gasteiger partial charge in [0, 0.05) is 12.6 Å². The summed E-state index contributed by atoms with van der Waals surface area (Å²) in [6.45, 7) is 10.5. The van der Waals surface area contributed by atoms with Crippen molar-refractivity contribution >= 4 is 0 Å². The summed E-state index contributed by atoms with van der Waals surface area (Å²) in [7, 11) is 0. The molecule has 0 fully saturated rings. The Morgan fingerprint density at radius 1 is 1.36 bits per heavy atom. The molecule has 0 unspecified atom stereocenters. The molecule has 0 aliphatic rings. The van der Waals surface area contributed by atoms with Crippen molar-refractivity contribution in [2.45, 2.75) is 32.2 Å². The maximum Gasteiger partial charge on any atom is 0.0135 e. The van der Waals surface area contributed by atoms with Gasteiger partial charge in [-0.1, -0.05) is 25.5 Å². The molecule has 1 heteroatoms. The third kappa shape index (κ3) is 5.86. The Balaban J connectivity index is 3.49. The van der Waals surface area contributed by atoms with Gasteiger partial charge in [-0.15, -0.1) is 13.2 Å². The molecule has 64 valence electrons. The van der Waals surface area contributed by atoms with Crippen molar-refractivity contribution in [3.63, 3.8) is 0 Å². The highest BCUT2D eigenvalue weighted by Gasteiger charge is 2.01. The summed E-state index contributed by atoms with van der Waals surface area (Å²) in [5, 5.41) is 3.38. The minimum absolute atomic E-state index is 0.593. The zero-order valence-electron chi connectivity index (χ0n) is 7.47. The second-order valence-corrected chi connectivity index (χ2v) is 2.71. The third-order valence-electron chi connectivity index (χ3n) is 1.64. The molecule has 0 aromatic heterocycles. The van der Waals surface area contributed by atoms with E-state index >= 15 is 0 Å². The van der Waals surface area contributed by atoms with Crippen LogP contribution >= 0.6 is 0 Å². The van der Waals surface area contributed by atoms with Gasteiger partial charge in [-0.25, -0.2) is 0 Å².